The Kier molecular flexibility index (Phi) is 11.8. The zero-order chi connectivity index (χ0) is 15.5. The Morgan fingerprint density at radius 1 is 1.45 bits per heavy atom. The van der Waals surface area contributed by atoms with Crippen molar-refractivity contribution < 1.29 is 0 Å². The third-order valence-corrected chi connectivity index (χ3v) is 3.27. The van der Waals surface area contributed by atoms with Crippen LogP contribution >= 0.6 is 24.0 Å². The molecule has 0 atom stereocenters. The molecule has 0 aliphatic rings. The molecule has 1 rings (SSSR count). The van der Waals surface area contributed by atoms with Crippen LogP contribution in [0.3, 0.4) is 0 Å². The van der Waals surface area contributed by atoms with E-state index in [1.807, 2.05) is 17.7 Å². The monoisotopic (exact) mass is 420 g/mol. The van der Waals surface area contributed by atoms with E-state index < -0.39 is 0 Å². The second-order valence-electron chi connectivity index (χ2n) is 5.09. The first kappa shape index (κ1) is 20.9. The van der Waals surface area contributed by atoms with Gasteiger partial charge in [0, 0.05) is 27.2 Å². The second kappa shape index (κ2) is 12.4. The summed E-state index contributed by atoms with van der Waals surface area (Å²) in [7, 11) is 4.01. The van der Waals surface area contributed by atoms with Crippen molar-refractivity contribution >= 4 is 29.9 Å². The number of halogens is 1. The molecule has 0 spiro atoms. The van der Waals surface area contributed by atoms with Gasteiger partial charge in [-0.1, -0.05) is 12.5 Å². The SMILES string of the molecule is C=CCCCCCN(C)C(=NCc1nncn1C)NCC.I. The van der Waals surface area contributed by atoms with Crippen molar-refractivity contribution in [3.05, 3.63) is 24.8 Å². The maximum absolute atomic E-state index is 4.62. The van der Waals surface area contributed by atoms with E-state index in [9.17, 15) is 0 Å². The van der Waals surface area contributed by atoms with Crippen molar-refractivity contribution in [1.82, 2.24) is 25.0 Å². The van der Waals surface area contributed by atoms with Gasteiger partial charge in [0.1, 0.15) is 12.9 Å². The molecule has 126 valence electrons. The first-order chi connectivity index (χ1) is 10.2. The molecule has 22 heavy (non-hydrogen) atoms. The molecule has 0 saturated heterocycles. The lowest BCUT2D eigenvalue weighted by molar-refractivity contribution is 0.454. The molecule has 0 saturated carbocycles. The van der Waals surface area contributed by atoms with E-state index in [2.05, 4.69) is 46.0 Å². The number of nitrogens with zero attached hydrogens (tertiary/aromatic N) is 5. The minimum atomic E-state index is 0. The summed E-state index contributed by atoms with van der Waals surface area (Å²) in [6.07, 6.45) is 8.38. The second-order valence-corrected chi connectivity index (χ2v) is 5.09. The highest BCUT2D eigenvalue weighted by Crippen LogP contribution is 2.02. The first-order valence-corrected chi connectivity index (χ1v) is 7.62. The van der Waals surface area contributed by atoms with Gasteiger partial charge < -0.3 is 14.8 Å². The van der Waals surface area contributed by atoms with Crippen LogP contribution in [-0.2, 0) is 13.6 Å². The molecule has 1 N–H and O–H groups in total. The van der Waals surface area contributed by atoms with Gasteiger partial charge in [-0.25, -0.2) is 4.99 Å². The molecule has 0 aliphatic carbocycles. The third kappa shape index (κ3) is 7.77. The lowest BCUT2D eigenvalue weighted by Gasteiger charge is -2.21. The normalized spacial score (nSPS) is 11.0. The maximum Gasteiger partial charge on any atom is 0.194 e. The van der Waals surface area contributed by atoms with E-state index in [0.29, 0.717) is 6.54 Å². The van der Waals surface area contributed by atoms with E-state index >= 15 is 0 Å². The highest BCUT2D eigenvalue weighted by Gasteiger charge is 2.06. The molecule has 0 aromatic carbocycles. The molecule has 6 nitrogen and oxygen atoms in total. The fourth-order valence-corrected chi connectivity index (χ4v) is 1.99. The molecule has 0 bridgehead atoms. The number of rotatable bonds is 9. The van der Waals surface area contributed by atoms with E-state index in [4.69, 9.17) is 0 Å². The van der Waals surface area contributed by atoms with Crippen LogP contribution < -0.4 is 5.32 Å². The number of aromatic nitrogens is 3. The Morgan fingerprint density at radius 2 is 2.23 bits per heavy atom. The van der Waals surface area contributed by atoms with Crippen molar-refractivity contribution in [3.63, 3.8) is 0 Å². The largest absolute Gasteiger partial charge is 0.357 e. The number of aliphatic imine (C=N–C) groups is 1. The topological polar surface area (TPSA) is 58.3 Å². The number of hydrogen-bond acceptors (Lipinski definition) is 3. The lowest BCUT2D eigenvalue weighted by atomic mass is 10.2. The van der Waals surface area contributed by atoms with Gasteiger partial charge in [0.25, 0.3) is 0 Å². The van der Waals surface area contributed by atoms with E-state index in [1.54, 1.807) is 6.33 Å². The summed E-state index contributed by atoms with van der Waals surface area (Å²) < 4.78 is 1.89. The quantitative estimate of drug-likeness (QED) is 0.219. The molecule has 1 aromatic heterocycles. The summed E-state index contributed by atoms with van der Waals surface area (Å²) in [5.41, 5.74) is 0. The molecule has 0 aliphatic heterocycles. The van der Waals surface area contributed by atoms with Gasteiger partial charge in [0.05, 0.1) is 0 Å². The fourth-order valence-electron chi connectivity index (χ4n) is 1.99. The molecule has 0 unspecified atom stereocenters. The Hall–Kier alpha value is -1.12. The molecule has 0 fully saturated rings. The summed E-state index contributed by atoms with van der Waals surface area (Å²) >= 11 is 0. The number of guanidine groups is 1. The van der Waals surface area contributed by atoms with Gasteiger partial charge in [-0.15, -0.1) is 40.8 Å². The lowest BCUT2D eigenvalue weighted by Crippen LogP contribution is -2.39. The highest BCUT2D eigenvalue weighted by molar-refractivity contribution is 14.0. The Balaban J connectivity index is 0.00000441. The van der Waals surface area contributed by atoms with Crippen LogP contribution in [0.5, 0.6) is 0 Å². The minimum absolute atomic E-state index is 0. The van der Waals surface area contributed by atoms with Crippen molar-refractivity contribution in [2.24, 2.45) is 12.0 Å². The van der Waals surface area contributed by atoms with E-state index in [1.165, 1.54) is 19.3 Å². The van der Waals surface area contributed by atoms with E-state index in [-0.39, 0.29) is 24.0 Å². The summed E-state index contributed by atoms with van der Waals surface area (Å²) in [5.74, 6) is 1.79. The average molecular weight is 420 g/mol. The predicted molar refractivity (Wildman–Crippen MR) is 103 cm³/mol. The van der Waals surface area contributed by atoms with Crippen LogP contribution in [0, 0.1) is 0 Å². The molecule has 0 amide bonds. The third-order valence-electron chi connectivity index (χ3n) is 3.27. The first-order valence-electron chi connectivity index (χ1n) is 7.62. The van der Waals surface area contributed by atoms with Crippen molar-refractivity contribution in [2.75, 3.05) is 20.1 Å². The number of aryl methyl sites for hydroxylation is 1. The van der Waals surface area contributed by atoms with Crippen LogP contribution in [0.25, 0.3) is 0 Å². The molecule has 1 heterocycles. The van der Waals surface area contributed by atoms with Gasteiger partial charge in [0.15, 0.2) is 11.8 Å². The molecule has 0 radical (unpaired) electrons. The number of allylic oxidation sites excluding steroid dienone is 1. The van der Waals surface area contributed by atoms with Crippen molar-refractivity contribution in [3.8, 4) is 0 Å². The Bertz CT molecular complexity index is 443. The maximum atomic E-state index is 4.62. The Labute approximate surface area is 151 Å². The summed E-state index contributed by atoms with van der Waals surface area (Å²) in [5, 5.41) is 11.2. The van der Waals surface area contributed by atoms with Crippen molar-refractivity contribution in [1.29, 1.82) is 0 Å². The van der Waals surface area contributed by atoms with Gasteiger partial charge in [-0.3, -0.25) is 0 Å². The fraction of sp³-hybridized carbons (Fsp3) is 0.667. The number of unbranched alkanes of at least 4 members (excludes halogenated alkanes) is 3. The molecule has 1 aromatic rings. The zero-order valence-corrected chi connectivity index (χ0v) is 16.3. The standard InChI is InChI=1S/C15H28N6.HI/c1-5-7-8-9-10-11-20(3)15(16-6-2)17-12-14-19-18-13-21(14)4;/h5,13H,1,6-12H2,2-4H3,(H,16,17);1H. The van der Waals surface area contributed by atoms with Gasteiger partial charge in [0.2, 0.25) is 0 Å². The van der Waals surface area contributed by atoms with Gasteiger partial charge >= 0.3 is 0 Å². The van der Waals surface area contributed by atoms with Gasteiger partial charge in [-0.2, -0.15) is 0 Å². The van der Waals surface area contributed by atoms with Crippen LogP contribution in [0.1, 0.15) is 38.4 Å². The van der Waals surface area contributed by atoms with Gasteiger partial charge in [-0.05, 0) is 26.2 Å². The number of nitrogens with one attached hydrogen (secondary N) is 1. The number of hydrogen-bond donors (Lipinski definition) is 1. The summed E-state index contributed by atoms with van der Waals surface area (Å²) in [6, 6.07) is 0. The average Bonchev–Trinajstić information content (AvgIpc) is 2.88. The Morgan fingerprint density at radius 3 is 2.82 bits per heavy atom. The smallest absolute Gasteiger partial charge is 0.194 e. The van der Waals surface area contributed by atoms with E-state index in [0.717, 1.165) is 31.3 Å². The zero-order valence-electron chi connectivity index (χ0n) is 14.0. The van der Waals surface area contributed by atoms with Crippen LogP contribution in [0.4, 0.5) is 0 Å². The van der Waals surface area contributed by atoms with Crippen LogP contribution in [0.2, 0.25) is 0 Å². The molecule has 7 heteroatoms. The highest BCUT2D eigenvalue weighted by atomic mass is 127. The predicted octanol–water partition coefficient (Wildman–Crippen LogP) is 2.58. The van der Waals surface area contributed by atoms with Crippen molar-refractivity contribution in [2.45, 2.75) is 39.2 Å². The molecular weight excluding hydrogens is 391 g/mol. The molecular formula is C15H29IN6. The van der Waals surface area contributed by atoms with Crippen LogP contribution in [-0.4, -0.2) is 45.8 Å². The summed E-state index contributed by atoms with van der Waals surface area (Å²) in [4.78, 5) is 6.80. The minimum Gasteiger partial charge on any atom is -0.357 e. The van der Waals surface area contributed by atoms with Crippen LogP contribution in [0.15, 0.2) is 24.0 Å². The summed E-state index contributed by atoms with van der Waals surface area (Å²) in [6.45, 7) is 8.23.